The minimum Gasteiger partial charge on any atom is -0.393 e. The first-order chi connectivity index (χ1) is 7.99. The molecule has 0 aliphatic heterocycles. The summed E-state index contributed by atoms with van der Waals surface area (Å²) in [5, 5.41) is 9.82. The highest BCUT2D eigenvalue weighted by Crippen LogP contribution is 2.57. The van der Waals surface area contributed by atoms with E-state index >= 15 is 0 Å². The summed E-state index contributed by atoms with van der Waals surface area (Å²) in [4.78, 5) is 11.4. The maximum atomic E-state index is 11.4. The van der Waals surface area contributed by atoms with Crippen LogP contribution in [-0.4, -0.2) is 17.5 Å². The highest BCUT2D eigenvalue weighted by molar-refractivity contribution is 5.56. The van der Waals surface area contributed by atoms with Crippen LogP contribution in [0.15, 0.2) is 12.2 Å². The molecule has 0 aromatic carbocycles. The molecule has 2 saturated carbocycles. The van der Waals surface area contributed by atoms with E-state index in [2.05, 4.69) is 20.4 Å². The summed E-state index contributed by atoms with van der Waals surface area (Å²) in [6.45, 7) is 8.38. The minimum absolute atomic E-state index is 0.0469. The Kier molecular flexibility index (Phi) is 3.44. The van der Waals surface area contributed by atoms with Gasteiger partial charge in [-0.2, -0.15) is 0 Å². The van der Waals surface area contributed by atoms with Gasteiger partial charge in [0.15, 0.2) is 0 Å². The van der Waals surface area contributed by atoms with E-state index in [4.69, 9.17) is 0 Å². The molecule has 96 valence electrons. The van der Waals surface area contributed by atoms with E-state index in [1.54, 1.807) is 0 Å². The van der Waals surface area contributed by atoms with Crippen molar-refractivity contribution in [2.75, 3.05) is 0 Å². The average Bonchev–Trinajstić information content (AvgIpc) is 2.70. The van der Waals surface area contributed by atoms with Crippen LogP contribution in [0.2, 0.25) is 0 Å². The SMILES string of the molecule is C=C(C)[C@@H]1CC[C@@]2(C1)[C@H](C)C[C@H](O)C[C@@H]2C=O. The van der Waals surface area contributed by atoms with E-state index in [0.717, 1.165) is 25.5 Å². The van der Waals surface area contributed by atoms with E-state index in [0.29, 0.717) is 18.3 Å². The molecule has 0 saturated heterocycles. The fraction of sp³-hybridized carbons (Fsp3) is 0.800. The van der Waals surface area contributed by atoms with Crippen LogP contribution >= 0.6 is 0 Å². The van der Waals surface area contributed by atoms with Gasteiger partial charge in [0.2, 0.25) is 0 Å². The molecule has 1 N–H and O–H groups in total. The number of carbonyl (C=O) groups is 1. The molecular weight excluding hydrogens is 212 g/mol. The highest BCUT2D eigenvalue weighted by Gasteiger charge is 2.51. The predicted octanol–water partition coefficient (Wildman–Crippen LogP) is 2.95. The third-order valence-corrected chi connectivity index (χ3v) is 5.32. The second kappa shape index (κ2) is 4.56. The van der Waals surface area contributed by atoms with Crippen molar-refractivity contribution in [3.05, 3.63) is 12.2 Å². The molecule has 5 atom stereocenters. The molecule has 0 heterocycles. The lowest BCUT2D eigenvalue weighted by molar-refractivity contribution is -0.123. The van der Waals surface area contributed by atoms with Crippen LogP contribution in [0.1, 0.15) is 46.0 Å². The van der Waals surface area contributed by atoms with Crippen LogP contribution in [0.4, 0.5) is 0 Å². The zero-order chi connectivity index (χ0) is 12.6. The van der Waals surface area contributed by atoms with Gasteiger partial charge in [-0.15, -0.1) is 0 Å². The van der Waals surface area contributed by atoms with Crippen molar-refractivity contribution in [2.24, 2.45) is 23.2 Å². The standard InChI is InChI=1S/C15H24O2/c1-10(2)12-4-5-15(8-12)11(3)6-14(17)7-13(15)9-16/h9,11-14,17H,1,4-8H2,2-3H3/t11-,12-,13-,14+,15-/m1/s1. The van der Waals surface area contributed by atoms with E-state index in [-0.39, 0.29) is 17.4 Å². The largest absolute Gasteiger partial charge is 0.393 e. The fourth-order valence-corrected chi connectivity index (χ4v) is 4.13. The molecule has 17 heavy (non-hydrogen) atoms. The van der Waals surface area contributed by atoms with Gasteiger partial charge in [0.1, 0.15) is 6.29 Å². The molecule has 0 unspecified atom stereocenters. The second-order valence-corrected chi connectivity index (χ2v) is 6.29. The molecule has 0 bridgehead atoms. The van der Waals surface area contributed by atoms with Gasteiger partial charge in [0.05, 0.1) is 6.10 Å². The number of allylic oxidation sites excluding steroid dienone is 1. The monoisotopic (exact) mass is 236 g/mol. The molecular formula is C15H24O2. The molecule has 0 aromatic heterocycles. The summed E-state index contributed by atoms with van der Waals surface area (Å²) in [6.07, 6.45) is 5.72. The normalized spacial score (nSPS) is 46.1. The lowest BCUT2D eigenvalue weighted by Crippen LogP contribution is -2.43. The van der Waals surface area contributed by atoms with Crippen LogP contribution in [0, 0.1) is 23.2 Å². The van der Waals surface area contributed by atoms with E-state index < -0.39 is 0 Å². The molecule has 2 fully saturated rings. The predicted molar refractivity (Wildman–Crippen MR) is 68.5 cm³/mol. The highest BCUT2D eigenvalue weighted by atomic mass is 16.3. The summed E-state index contributed by atoms with van der Waals surface area (Å²) < 4.78 is 0. The van der Waals surface area contributed by atoms with Crippen LogP contribution in [0.5, 0.6) is 0 Å². The van der Waals surface area contributed by atoms with Gasteiger partial charge < -0.3 is 9.90 Å². The third kappa shape index (κ3) is 2.08. The maximum absolute atomic E-state index is 11.4. The van der Waals surface area contributed by atoms with Gasteiger partial charge in [0.25, 0.3) is 0 Å². The van der Waals surface area contributed by atoms with Crippen molar-refractivity contribution in [3.8, 4) is 0 Å². The minimum atomic E-state index is -0.283. The van der Waals surface area contributed by atoms with Crippen LogP contribution < -0.4 is 0 Å². The zero-order valence-corrected chi connectivity index (χ0v) is 11.0. The fourth-order valence-electron chi connectivity index (χ4n) is 4.13. The zero-order valence-electron chi connectivity index (χ0n) is 11.0. The van der Waals surface area contributed by atoms with E-state index in [1.165, 1.54) is 12.0 Å². The molecule has 2 aliphatic rings. The molecule has 1 spiro atoms. The molecule has 2 heteroatoms. The lowest BCUT2D eigenvalue weighted by atomic mass is 9.59. The first kappa shape index (κ1) is 12.8. The van der Waals surface area contributed by atoms with E-state index in [1.807, 2.05) is 0 Å². The number of aliphatic hydroxyl groups excluding tert-OH is 1. The number of aldehydes is 1. The lowest BCUT2D eigenvalue weighted by Gasteiger charge is -2.46. The summed E-state index contributed by atoms with van der Waals surface area (Å²) in [6, 6.07) is 0. The molecule has 0 amide bonds. The van der Waals surface area contributed by atoms with Gasteiger partial charge in [0, 0.05) is 5.92 Å². The Morgan fingerprint density at radius 1 is 1.47 bits per heavy atom. The van der Waals surface area contributed by atoms with Gasteiger partial charge in [-0.1, -0.05) is 19.1 Å². The Morgan fingerprint density at radius 3 is 2.71 bits per heavy atom. The van der Waals surface area contributed by atoms with Crippen LogP contribution in [-0.2, 0) is 4.79 Å². The first-order valence-electron chi connectivity index (χ1n) is 6.78. The Hall–Kier alpha value is -0.630. The van der Waals surface area contributed by atoms with Crippen molar-refractivity contribution in [3.63, 3.8) is 0 Å². The second-order valence-electron chi connectivity index (χ2n) is 6.29. The number of hydrogen-bond acceptors (Lipinski definition) is 2. The number of hydrogen-bond donors (Lipinski definition) is 1. The average molecular weight is 236 g/mol. The number of rotatable bonds is 2. The van der Waals surface area contributed by atoms with Crippen molar-refractivity contribution >= 4 is 6.29 Å². The molecule has 0 radical (unpaired) electrons. The third-order valence-electron chi connectivity index (χ3n) is 5.32. The summed E-state index contributed by atoms with van der Waals surface area (Å²) in [7, 11) is 0. The molecule has 2 aliphatic carbocycles. The van der Waals surface area contributed by atoms with Crippen molar-refractivity contribution in [1.82, 2.24) is 0 Å². The van der Waals surface area contributed by atoms with Gasteiger partial charge in [-0.3, -0.25) is 0 Å². The summed E-state index contributed by atoms with van der Waals surface area (Å²) in [5.74, 6) is 1.08. The van der Waals surface area contributed by atoms with Gasteiger partial charge >= 0.3 is 0 Å². The number of carbonyl (C=O) groups excluding carboxylic acids is 1. The summed E-state index contributed by atoms with van der Waals surface area (Å²) >= 11 is 0. The van der Waals surface area contributed by atoms with Crippen LogP contribution in [0.25, 0.3) is 0 Å². The van der Waals surface area contributed by atoms with Gasteiger partial charge in [-0.25, -0.2) is 0 Å². The molecule has 2 rings (SSSR count). The topological polar surface area (TPSA) is 37.3 Å². The van der Waals surface area contributed by atoms with E-state index in [9.17, 15) is 9.90 Å². The Balaban J connectivity index is 2.22. The Bertz CT molecular complexity index is 323. The number of aliphatic hydroxyl groups is 1. The Labute approximate surface area is 104 Å². The molecule has 0 aromatic rings. The van der Waals surface area contributed by atoms with Gasteiger partial charge in [-0.05, 0) is 56.3 Å². The quantitative estimate of drug-likeness (QED) is 0.591. The van der Waals surface area contributed by atoms with Crippen molar-refractivity contribution < 1.29 is 9.90 Å². The van der Waals surface area contributed by atoms with Crippen molar-refractivity contribution in [1.29, 1.82) is 0 Å². The van der Waals surface area contributed by atoms with Crippen molar-refractivity contribution in [2.45, 2.75) is 52.1 Å². The smallest absolute Gasteiger partial charge is 0.123 e. The Morgan fingerprint density at radius 2 is 2.18 bits per heavy atom. The first-order valence-corrected chi connectivity index (χ1v) is 6.78. The van der Waals surface area contributed by atoms with Crippen LogP contribution in [0.3, 0.4) is 0 Å². The summed E-state index contributed by atoms with van der Waals surface area (Å²) in [5.41, 5.74) is 1.40. The maximum Gasteiger partial charge on any atom is 0.123 e. The molecule has 2 nitrogen and oxygen atoms in total.